The molecule has 0 aromatic heterocycles. The van der Waals surface area contributed by atoms with E-state index in [9.17, 15) is 29.4 Å². The quantitative estimate of drug-likeness (QED) is 0.362. The van der Waals surface area contributed by atoms with Gasteiger partial charge in [0.05, 0.1) is 16.7 Å². The number of carboxylic acids is 1. The molecule has 5 atom stereocenters. The summed E-state index contributed by atoms with van der Waals surface area (Å²) in [6.45, 7) is 0. The number of carbonyl (C=O) groups excluding carboxylic acids is 3. The van der Waals surface area contributed by atoms with E-state index in [1.165, 1.54) is 36.4 Å². The van der Waals surface area contributed by atoms with E-state index >= 15 is 0 Å². The molecular weight excluding hydrogens is 484 g/mol. The van der Waals surface area contributed by atoms with Gasteiger partial charge >= 0.3 is 23.9 Å². The van der Waals surface area contributed by atoms with Crippen LogP contribution >= 0.6 is 0 Å². The smallest absolute Gasteiger partial charge is 0.338 e. The van der Waals surface area contributed by atoms with Crippen molar-refractivity contribution in [2.75, 3.05) is 0 Å². The third-order valence-corrected chi connectivity index (χ3v) is 5.51. The van der Waals surface area contributed by atoms with Crippen LogP contribution < -0.4 is 0 Å². The Morgan fingerprint density at radius 3 is 1.30 bits per heavy atom. The molecule has 1 saturated heterocycles. The standard InChI is InChI=1S/C27H22O10/c28-23(29)21-19(34-24(30)16-10-4-1-5-11-16)20(35-25(31)17-12-6-2-7-13-17)22(27(33)36-21)37-26(32)18-14-8-3-9-15-18/h1-15,19-22,27,33H,(H,28,29)/t19-,20-,21-,22+,27+/m0/s1. The summed E-state index contributed by atoms with van der Waals surface area (Å²) in [7, 11) is 0. The van der Waals surface area contributed by atoms with E-state index in [2.05, 4.69) is 0 Å². The number of ether oxygens (including phenoxy) is 4. The predicted molar refractivity (Wildman–Crippen MR) is 125 cm³/mol. The van der Waals surface area contributed by atoms with Crippen molar-refractivity contribution in [3.05, 3.63) is 108 Å². The lowest BCUT2D eigenvalue weighted by molar-refractivity contribution is -0.277. The van der Waals surface area contributed by atoms with Crippen molar-refractivity contribution in [3.8, 4) is 0 Å². The Balaban J connectivity index is 1.69. The zero-order valence-corrected chi connectivity index (χ0v) is 19.2. The van der Waals surface area contributed by atoms with E-state index in [0.29, 0.717) is 0 Å². The molecule has 1 aliphatic rings. The van der Waals surface area contributed by atoms with Gasteiger partial charge in [0.15, 0.2) is 30.7 Å². The van der Waals surface area contributed by atoms with Crippen molar-refractivity contribution in [1.82, 2.24) is 0 Å². The van der Waals surface area contributed by atoms with Crippen molar-refractivity contribution in [2.24, 2.45) is 0 Å². The molecule has 37 heavy (non-hydrogen) atoms. The van der Waals surface area contributed by atoms with Gasteiger partial charge in [-0.2, -0.15) is 0 Å². The Bertz CT molecular complexity index is 1250. The topological polar surface area (TPSA) is 146 Å². The van der Waals surface area contributed by atoms with Crippen LogP contribution in [0.2, 0.25) is 0 Å². The number of aliphatic hydroxyl groups excluding tert-OH is 1. The predicted octanol–water partition coefficient (Wildman–Crippen LogP) is 2.46. The van der Waals surface area contributed by atoms with Gasteiger partial charge in [-0.1, -0.05) is 54.6 Å². The van der Waals surface area contributed by atoms with Gasteiger partial charge in [0.1, 0.15) is 0 Å². The van der Waals surface area contributed by atoms with Gasteiger partial charge in [-0.15, -0.1) is 0 Å². The van der Waals surface area contributed by atoms with Gasteiger partial charge in [0.2, 0.25) is 0 Å². The van der Waals surface area contributed by atoms with E-state index in [-0.39, 0.29) is 16.7 Å². The van der Waals surface area contributed by atoms with Crippen molar-refractivity contribution in [2.45, 2.75) is 30.7 Å². The summed E-state index contributed by atoms with van der Waals surface area (Å²) in [5, 5.41) is 20.4. The molecule has 1 heterocycles. The zero-order chi connectivity index (χ0) is 26.4. The lowest BCUT2D eigenvalue weighted by Gasteiger charge is -2.41. The molecule has 10 nitrogen and oxygen atoms in total. The van der Waals surface area contributed by atoms with Crippen LogP contribution in [0.25, 0.3) is 0 Å². The minimum Gasteiger partial charge on any atom is -0.479 e. The van der Waals surface area contributed by atoms with Gasteiger partial charge < -0.3 is 29.2 Å². The summed E-state index contributed by atoms with van der Waals surface area (Å²) in [6, 6.07) is 23.2. The molecular formula is C27H22O10. The average Bonchev–Trinajstić information content (AvgIpc) is 2.93. The van der Waals surface area contributed by atoms with Crippen LogP contribution in [0.3, 0.4) is 0 Å². The van der Waals surface area contributed by atoms with Crippen LogP contribution in [0.15, 0.2) is 91.0 Å². The number of rotatable bonds is 7. The first kappa shape index (κ1) is 25.5. The fraction of sp³-hybridized carbons (Fsp3) is 0.185. The fourth-order valence-corrected chi connectivity index (χ4v) is 3.71. The molecule has 3 aromatic rings. The van der Waals surface area contributed by atoms with Crippen molar-refractivity contribution in [1.29, 1.82) is 0 Å². The number of benzene rings is 3. The first-order chi connectivity index (χ1) is 17.8. The molecule has 0 bridgehead atoms. The second kappa shape index (κ2) is 11.5. The molecule has 0 amide bonds. The maximum Gasteiger partial charge on any atom is 0.338 e. The maximum absolute atomic E-state index is 12.9. The van der Waals surface area contributed by atoms with Crippen molar-refractivity contribution < 1.29 is 48.3 Å². The van der Waals surface area contributed by atoms with Crippen LogP contribution in [-0.2, 0) is 23.7 Å². The molecule has 0 spiro atoms. The van der Waals surface area contributed by atoms with Crippen molar-refractivity contribution >= 4 is 23.9 Å². The van der Waals surface area contributed by atoms with Gasteiger partial charge in [-0.3, -0.25) is 0 Å². The monoisotopic (exact) mass is 506 g/mol. The van der Waals surface area contributed by atoms with Gasteiger partial charge in [0.25, 0.3) is 0 Å². The van der Waals surface area contributed by atoms with Crippen LogP contribution in [0, 0.1) is 0 Å². The Hall–Kier alpha value is -4.54. The zero-order valence-electron chi connectivity index (χ0n) is 19.2. The molecule has 190 valence electrons. The highest BCUT2D eigenvalue weighted by Gasteiger charge is 2.54. The molecule has 10 heteroatoms. The fourth-order valence-electron chi connectivity index (χ4n) is 3.71. The van der Waals surface area contributed by atoms with Crippen LogP contribution in [0.1, 0.15) is 31.1 Å². The number of hydrogen-bond donors (Lipinski definition) is 2. The highest BCUT2D eigenvalue weighted by Crippen LogP contribution is 2.30. The second-order valence-electron chi connectivity index (χ2n) is 7.99. The first-order valence-electron chi connectivity index (χ1n) is 11.2. The lowest BCUT2D eigenvalue weighted by atomic mass is 9.97. The molecule has 1 aliphatic heterocycles. The number of aliphatic carboxylic acids is 1. The third kappa shape index (κ3) is 6.00. The SMILES string of the molecule is O=C(O[C@@H]1[C@@H](OC(=O)c2ccccc2)[C@H](O)O[C@H](C(=O)O)[C@H]1OC(=O)c1ccccc1)c1ccccc1. The van der Waals surface area contributed by atoms with E-state index in [1.807, 2.05) is 0 Å². The van der Waals surface area contributed by atoms with Gasteiger partial charge in [-0.05, 0) is 36.4 Å². The summed E-state index contributed by atoms with van der Waals surface area (Å²) in [5.41, 5.74) is 0.293. The minimum absolute atomic E-state index is 0.0868. The third-order valence-electron chi connectivity index (χ3n) is 5.51. The van der Waals surface area contributed by atoms with E-state index in [0.717, 1.165) is 0 Å². The van der Waals surface area contributed by atoms with Crippen LogP contribution in [0.5, 0.6) is 0 Å². The number of carbonyl (C=O) groups is 4. The summed E-state index contributed by atoms with van der Waals surface area (Å²) >= 11 is 0. The summed E-state index contributed by atoms with van der Waals surface area (Å²) in [4.78, 5) is 50.5. The lowest BCUT2D eigenvalue weighted by Crippen LogP contribution is -2.63. The molecule has 4 rings (SSSR count). The molecule has 2 N–H and O–H groups in total. The molecule has 3 aromatic carbocycles. The highest BCUT2D eigenvalue weighted by atomic mass is 16.7. The Kier molecular flexibility index (Phi) is 7.92. The molecule has 0 saturated carbocycles. The van der Waals surface area contributed by atoms with Gasteiger partial charge in [-0.25, -0.2) is 19.2 Å². The molecule has 0 radical (unpaired) electrons. The maximum atomic E-state index is 12.9. The number of carboxylic acid groups (broad SMARTS) is 1. The first-order valence-corrected chi connectivity index (χ1v) is 11.2. The van der Waals surface area contributed by atoms with Crippen LogP contribution in [0.4, 0.5) is 0 Å². The minimum atomic E-state index is -2.02. The van der Waals surface area contributed by atoms with E-state index < -0.39 is 54.6 Å². The van der Waals surface area contributed by atoms with E-state index in [1.54, 1.807) is 54.6 Å². The van der Waals surface area contributed by atoms with Gasteiger partial charge in [0, 0.05) is 0 Å². The largest absolute Gasteiger partial charge is 0.479 e. The van der Waals surface area contributed by atoms with Crippen LogP contribution in [-0.4, -0.2) is 64.8 Å². The number of hydrogen-bond acceptors (Lipinski definition) is 9. The normalized spacial score (nSPS) is 22.9. The van der Waals surface area contributed by atoms with Crippen molar-refractivity contribution in [3.63, 3.8) is 0 Å². The van der Waals surface area contributed by atoms with E-state index in [4.69, 9.17) is 18.9 Å². The molecule has 0 aliphatic carbocycles. The summed E-state index contributed by atoms with van der Waals surface area (Å²) in [6.07, 6.45) is -9.21. The number of esters is 3. The second-order valence-corrected chi connectivity index (χ2v) is 7.99. The summed E-state index contributed by atoms with van der Waals surface area (Å²) in [5.74, 6) is -4.37. The number of aliphatic hydroxyl groups is 1. The Labute approximate surface area is 211 Å². The molecule has 1 fully saturated rings. The average molecular weight is 506 g/mol. The highest BCUT2D eigenvalue weighted by molar-refractivity contribution is 5.91. The Morgan fingerprint density at radius 2 is 0.919 bits per heavy atom. The molecule has 0 unspecified atom stereocenters. The summed E-state index contributed by atoms with van der Waals surface area (Å²) < 4.78 is 21.6. The Morgan fingerprint density at radius 1 is 0.568 bits per heavy atom.